The maximum Gasteiger partial charge on any atom is 0.273 e. The lowest BCUT2D eigenvalue weighted by molar-refractivity contribution is 0.0932. The molecule has 0 aromatic carbocycles. The number of hydrogen-bond donors (Lipinski definition) is 2. The molecule has 2 aromatic rings. The van der Waals surface area contributed by atoms with Crippen LogP contribution in [-0.4, -0.2) is 27.3 Å². The standard InChI is InChI=1S/C15H19N3O3/c1-18-8-2-3-12(18)13(19)6-7-16-15(20)11-9-14(21-17-11)10-4-5-10/h2-3,8-10,13,19H,4-7H2,1H3,(H,16,20)/t13-/m0/s1. The molecular weight excluding hydrogens is 270 g/mol. The van der Waals surface area contributed by atoms with E-state index in [0.29, 0.717) is 24.6 Å². The van der Waals surface area contributed by atoms with Crippen molar-refractivity contribution in [3.05, 3.63) is 41.5 Å². The number of nitrogens with zero attached hydrogens (tertiary/aromatic N) is 2. The SMILES string of the molecule is Cn1cccc1[C@@H](O)CCNC(=O)c1cc(C2CC2)on1. The van der Waals surface area contributed by atoms with E-state index in [0.717, 1.165) is 24.3 Å². The molecule has 1 fully saturated rings. The Morgan fingerprint density at radius 1 is 1.62 bits per heavy atom. The van der Waals surface area contributed by atoms with Gasteiger partial charge in [0.25, 0.3) is 5.91 Å². The fraction of sp³-hybridized carbons (Fsp3) is 0.467. The lowest BCUT2D eigenvalue weighted by atomic mass is 10.2. The molecule has 2 N–H and O–H groups in total. The Morgan fingerprint density at radius 3 is 3.10 bits per heavy atom. The Labute approximate surface area is 122 Å². The van der Waals surface area contributed by atoms with E-state index in [1.165, 1.54) is 0 Å². The summed E-state index contributed by atoms with van der Waals surface area (Å²) in [5, 5.41) is 16.6. The van der Waals surface area contributed by atoms with Crippen molar-refractivity contribution in [1.82, 2.24) is 15.0 Å². The lowest BCUT2D eigenvalue weighted by Gasteiger charge is -2.12. The van der Waals surface area contributed by atoms with Gasteiger partial charge in [0.2, 0.25) is 0 Å². The smallest absolute Gasteiger partial charge is 0.273 e. The minimum absolute atomic E-state index is 0.260. The highest BCUT2D eigenvalue weighted by atomic mass is 16.5. The molecule has 1 amide bonds. The second-order valence-electron chi connectivity index (χ2n) is 5.49. The van der Waals surface area contributed by atoms with Gasteiger partial charge in [-0.25, -0.2) is 0 Å². The van der Waals surface area contributed by atoms with Gasteiger partial charge in [-0.05, 0) is 31.4 Å². The monoisotopic (exact) mass is 289 g/mol. The molecule has 2 heterocycles. The maximum absolute atomic E-state index is 11.9. The highest BCUT2D eigenvalue weighted by Crippen LogP contribution is 2.40. The Bertz CT molecular complexity index is 628. The van der Waals surface area contributed by atoms with Crippen LogP contribution in [0.25, 0.3) is 0 Å². The third kappa shape index (κ3) is 3.16. The Kier molecular flexibility index (Phi) is 3.79. The van der Waals surface area contributed by atoms with Crippen molar-refractivity contribution in [2.75, 3.05) is 6.54 Å². The summed E-state index contributed by atoms with van der Waals surface area (Å²) in [6, 6.07) is 5.46. The quantitative estimate of drug-likeness (QED) is 0.849. The molecule has 112 valence electrons. The van der Waals surface area contributed by atoms with E-state index in [9.17, 15) is 9.90 Å². The molecule has 0 spiro atoms. The van der Waals surface area contributed by atoms with Crippen LogP contribution in [0.5, 0.6) is 0 Å². The van der Waals surface area contributed by atoms with Gasteiger partial charge >= 0.3 is 0 Å². The fourth-order valence-electron chi connectivity index (χ4n) is 2.34. The van der Waals surface area contributed by atoms with Gasteiger partial charge in [0.1, 0.15) is 5.76 Å². The number of aliphatic hydroxyl groups excluding tert-OH is 1. The van der Waals surface area contributed by atoms with Gasteiger partial charge in [-0.3, -0.25) is 4.79 Å². The van der Waals surface area contributed by atoms with Crippen LogP contribution in [0.15, 0.2) is 28.9 Å². The minimum atomic E-state index is -0.593. The van der Waals surface area contributed by atoms with Crippen molar-refractivity contribution in [2.24, 2.45) is 7.05 Å². The van der Waals surface area contributed by atoms with Gasteiger partial charge in [-0.15, -0.1) is 0 Å². The molecule has 0 radical (unpaired) electrons. The summed E-state index contributed by atoms with van der Waals surface area (Å²) in [5.74, 6) is 0.979. The molecule has 0 saturated heterocycles. The second-order valence-corrected chi connectivity index (χ2v) is 5.49. The van der Waals surface area contributed by atoms with E-state index < -0.39 is 6.10 Å². The second kappa shape index (κ2) is 5.73. The van der Waals surface area contributed by atoms with Gasteiger partial charge in [0, 0.05) is 37.5 Å². The van der Waals surface area contributed by atoms with Crippen molar-refractivity contribution < 1.29 is 14.4 Å². The predicted molar refractivity (Wildman–Crippen MR) is 75.8 cm³/mol. The van der Waals surface area contributed by atoms with Gasteiger partial charge in [0.15, 0.2) is 5.69 Å². The molecule has 1 saturated carbocycles. The highest BCUT2D eigenvalue weighted by molar-refractivity contribution is 5.92. The van der Waals surface area contributed by atoms with Crippen molar-refractivity contribution in [3.63, 3.8) is 0 Å². The van der Waals surface area contributed by atoms with Crippen LogP contribution in [-0.2, 0) is 7.05 Å². The highest BCUT2D eigenvalue weighted by Gasteiger charge is 2.28. The van der Waals surface area contributed by atoms with E-state index in [-0.39, 0.29) is 5.91 Å². The average Bonchev–Trinajstić information content (AvgIpc) is 3.03. The van der Waals surface area contributed by atoms with E-state index in [4.69, 9.17) is 4.52 Å². The molecule has 1 aliphatic rings. The largest absolute Gasteiger partial charge is 0.387 e. The van der Waals surface area contributed by atoms with E-state index >= 15 is 0 Å². The summed E-state index contributed by atoms with van der Waals surface area (Å²) >= 11 is 0. The van der Waals surface area contributed by atoms with E-state index in [1.807, 2.05) is 29.9 Å². The molecule has 1 atom stereocenters. The van der Waals surface area contributed by atoms with E-state index in [1.54, 1.807) is 6.07 Å². The van der Waals surface area contributed by atoms with E-state index in [2.05, 4.69) is 10.5 Å². The summed E-state index contributed by atoms with van der Waals surface area (Å²) in [6.07, 6.45) is 3.96. The van der Waals surface area contributed by atoms with Crippen LogP contribution in [0.1, 0.15) is 53.2 Å². The van der Waals surface area contributed by atoms with Crippen LogP contribution in [0.3, 0.4) is 0 Å². The van der Waals surface area contributed by atoms with Crippen molar-refractivity contribution in [2.45, 2.75) is 31.3 Å². The maximum atomic E-state index is 11.9. The van der Waals surface area contributed by atoms with Crippen LogP contribution >= 0.6 is 0 Å². The Morgan fingerprint density at radius 2 is 2.43 bits per heavy atom. The Hall–Kier alpha value is -2.08. The molecule has 0 unspecified atom stereocenters. The zero-order valence-electron chi connectivity index (χ0n) is 12.0. The van der Waals surface area contributed by atoms with Crippen LogP contribution in [0, 0.1) is 0 Å². The summed E-state index contributed by atoms with van der Waals surface area (Å²) < 4.78 is 7.02. The van der Waals surface area contributed by atoms with Gasteiger partial charge < -0.3 is 19.5 Å². The first-order valence-electron chi connectivity index (χ1n) is 7.19. The lowest BCUT2D eigenvalue weighted by Crippen LogP contribution is -2.26. The molecular formula is C15H19N3O3. The number of hydrogen-bond acceptors (Lipinski definition) is 4. The molecule has 3 rings (SSSR count). The molecule has 0 bridgehead atoms. The number of aryl methyl sites for hydroxylation is 1. The summed E-state index contributed by atoms with van der Waals surface area (Å²) in [4.78, 5) is 11.9. The number of aromatic nitrogens is 2. The van der Waals surface area contributed by atoms with Crippen molar-refractivity contribution >= 4 is 5.91 Å². The fourth-order valence-corrected chi connectivity index (χ4v) is 2.34. The molecule has 21 heavy (non-hydrogen) atoms. The number of aliphatic hydroxyl groups is 1. The number of nitrogens with one attached hydrogen (secondary N) is 1. The summed E-state index contributed by atoms with van der Waals surface area (Å²) in [6.45, 7) is 0.386. The van der Waals surface area contributed by atoms with Crippen molar-refractivity contribution in [3.8, 4) is 0 Å². The predicted octanol–water partition coefficient (Wildman–Crippen LogP) is 1.74. The number of rotatable bonds is 6. The minimum Gasteiger partial charge on any atom is -0.387 e. The molecule has 6 nitrogen and oxygen atoms in total. The number of carbonyl (C=O) groups excluding carboxylic acids is 1. The Balaban J connectivity index is 1.48. The van der Waals surface area contributed by atoms with Gasteiger partial charge in [-0.1, -0.05) is 5.16 Å². The molecule has 6 heteroatoms. The van der Waals surface area contributed by atoms with Crippen LogP contribution in [0.4, 0.5) is 0 Å². The third-order valence-corrected chi connectivity index (χ3v) is 3.77. The topological polar surface area (TPSA) is 80.3 Å². The molecule has 0 aliphatic heterocycles. The summed E-state index contributed by atoms with van der Waals surface area (Å²) in [7, 11) is 1.88. The number of carbonyl (C=O) groups is 1. The zero-order valence-corrected chi connectivity index (χ0v) is 12.0. The first-order chi connectivity index (χ1) is 10.1. The molecule has 1 aliphatic carbocycles. The van der Waals surface area contributed by atoms with Crippen LogP contribution in [0.2, 0.25) is 0 Å². The van der Waals surface area contributed by atoms with Gasteiger partial charge in [0.05, 0.1) is 6.10 Å². The first kappa shape index (κ1) is 13.9. The number of amides is 1. The summed E-state index contributed by atoms with van der Waals surface area (Å²) in [5.41, 5.74) is 1.15. The van der Waals surface area contributed by atoms with Gasteiger partial charge in [-0.2, -0.15) is 0 Å². The third-order valence-electron chi connectivity index (χ3n) is 3.77. The molecule has 2 aromatic heterocycles. The van der Waals surface area contributed by atoms with Crippen molar-refractivity contribution in [1.29, 1.82) is 0 Å². The van der Waals surface area contributed by atoms with Crippen LogP contribution < -0.4 is 5.32 Å². The zero-order chi connectivity index (χ0) is 14.8. The first-order valence-corrected chi connectivity index (χ1v) is 7.19. The normalized spacial score (nSPS) is 15.9. The average molecular weight is 289 g/mol.